The molecule has 17 heavy (non-hydrogen) atoms. The molecule has 0 aromatic carbocycles. The van der Waals surface area contributed by atoms with Gasteiger partial charge in [0.25, 0.3) is 0 Å². The van der Waals surface area contributed by atoms with Gasteiger partial charge in [-0.25, -0.2) is 4.98 Å². The van der Waals surface area contributed by atoms with Gasteiger partial charge >= 0.3 is 0 Å². The van der Waals surface area contributed by atoms with Crippen molar-refractivity contribution >= 4 is 5.82 Å². The minimum atomic E-state index is 0.785. The third-order valence-electron chi connectivity index (χ3n) is 2.46. The molecule has 0 amide bonds. The van der Waals surface area contributed by atoms with E-state index in [2.05, 4.69) is 35.2 Å². The van der Waals surface area contributed by atoms with E-state index in [-0.39, 0.29) is 0 Å². The van der Waals surface area contributed by atoms with Crippen LogP contribution < -0.4 is 5.32 Å². The molecule has 96 valence electrons. The summed E-state index contributed by atoms with van der Waals surface area (Å²) in [7, 11) is 2.09. The third kappa shape index (κ3) is 5.65. The van der Waals surface area contributed by atoms with Crippen molar-refractivity contribution in [3.63, 3.8) is 0 Å². The lowest BCUT2D eigenvalue weighted by Crippen LogP contribution is -2.22. The average molecular weight is 237 g/mol. The fourth-order valence-electron chi connectivity index (χ4n) is 1.56. The van der Waals surface area contributed by atoms with Gasteiger partial charge in [0, 0.05) is 32.4 Å². The highest BCUT2D eigenvalue weighted by atomic mass is 16.5. The number of rotatable bonds is 8. The van der Waals surface area contributed by atoms with E-state index < -0.39 is 0 Å². The maximum atomic E-state index is 5.33. The Labute approximate surface area is 104 Å². The SMILES string of the molecule is CCNc1ccc(CN(C)CCOCC)cn1. The molecule has 0 atom stereocenters. The third-order valence-corrected chi connectivity index (χ3v) is 2.46. The summed E-state index contributed by atoms with van der Waals surface area (Å²) in [6.07, 6.45) is 1.93. The van der Waals surface area contributed by atoms with E-state index in [4.69, 9.17) is 4.74 Å². The summed E-state index contributed by atoms with van der Waals surface area (Å²) in [5.74, 6) is 0.938. The minimum absolute atomic E-state index is 0.785. The summed E-state index contributed by atoms with van der Waals surface area (Å²) in [4.78, 5) is 6.58. The molecule has 0 radical (unpaired) electrons. The quantitative estimate of drug-likeness (QED) is 0.702. The smallest absolute Gasteiger partial charge is 0.125 e. The largest absolute Gasteiger partial charge is 0.380 e. The Kier molecular flexibility index (Phi) is 6.58. The van der Waals surface area contributed by atoms with Crippen molar-refractivity contribution in [1.29, 1.82) is 0 Å². The van der Waals surface area contributed by atoms with Crippen molar-refractivity contribution in [2.75, 3.05) is 38.7 Å². The Morgan fingerprint density at radius 1 is 1.35 bits per heavy atom. The summed E-state index contributed by atoms with van der Waals surface area (Å²) in [5.41, 5.74) is 1.23. The van der Waals surface area contributed by atoms with Crippen LogP contribution in [-0.4, -0.2) is 43.2 Å². The molecule has 0 saturated heterocycles. The zero-order valence-corrected chi connectivity index (χ0v) is 11.1. The number of likely N-dealkylation sites (N-methyl/N-ethyl adjacent to an activating group) is 1. The molecule has 1 N–H and O–H groups in total. The number of nitrogens with zero attached hydrogens (tertiary/aromatic N) is 2. The molecule has 0 spiro atoms. The summed E-state index contributed by atoms with van der Waals surface area (Å²) in [5, 5.41) is 3.19. The molecule has 4 nitrogen and oxygen atoms in total. The van der Waals surface area contributed by atoms with Crippen molar-refractivity contribution in [1.82, 2.24) is 9.88 Å². The number of pyridine rings is 1. The Bertz CT molecular complexity index is 300. The van der Waals surface area contributed by atoms with Gasteiger partial charge in [0.1, 0.15) is 5.82 Å². The number of hydrogen-bond acceptors (Lipinski definition) is 4. The lowest BCUT2D eigenvalue weighted by atomic mass is 10.2. The predicted molar refractivity (Wildman–Crippen MR) is 71.2 cm³/mol. The second kappa shape index (κ2) is 8.03. The van der Waals surface area contributed by atoms with Crippen molar-refractivity contribution in [2.24, 2.45) is 0 Å². The maximum absolute atomic E-state index is 5.33. The van der Waals surface area contributed by atoms with E-state index in [1.54, 1.807) is 0 Å². The van der Waals surface area contributed by atoms with Crippen LogP contribution >= 0.6 is 0 Å². The molecule has 0 bridgehead atoms. The lowest BCUT2D eigenvalue weighted by Gasteiger charge is -2.16. The van der Waals surface area contributed by atoms with Gasteiger partial charge in [-0.1, -0.05) is 6.07 Å². The second-order valence-electron chi connectivity index (χ2n) is 4.02. The summed E-state index contributed by atoms with van der Waals surface area (Å²) < 4.78 is 5.33. The Balaban J connectivity index is 2.34. The van der Waals surface area contributed by atoms with Gasteiger partial charge in [0.15, 0.2) is 0 Å². The van der Waals surface area contributed by atoms with Crippen LogP contribution in [0.3, 0.4) is 0 Å². The van der Waals surface area contributed by atoms with Crippen LogP contribution in [0.15, 0.2) is 18.3 Å². The highest BCUT2D eigenvalue weighted by molar-refractivity contribution is 5.35. The topological polar surface area (TPSA) is 37.4 Å². The van der Waals surface area contributed by atoms with E-state index in [9.17, 15) is 0 Å². The molecule has 0 aliphatic heterocycles. The molecule has 4 heteroatoms. The van der Waals surface area contributed by atoms with Gasteiger partial charge in [-0.2, -0.15) is 0 Å². The number of nitrogens with one attached hydrogen (secondary N) is 1. The van der Waals surface area contributed by atoms with Gasteiger partial charge < -0.3 is 10.1 Å². The van der Waals surface area contributed by atoms with Gasteiger partial charge in [-0.3, -0.25) is 4.90 Å². The summed E-state index contributed by atoms with van der Waals surface area (Å²) >= 11 is 0. The Morgan fingerprint density at radius 3 is 2.76 bits per heavy atom. The molecule has 0 saturated carbocycles. The normalized spacial score (nSPS) is 10.8. The average Bonchev–Trinajstić information content (AvgIpc) is 2.32. The lowest BCUT2D eigenvalue weighted by molar-refractivity contribution is 0.120. The van der Waals surface area contributed by atoms with E-state index >= 15 is 0 Å². The van der Waals surface area contributed by atoms with Crippen LogP contribution in [0, 0.1) is 0 Å². The molecular weight excluding hydrogens is 214 g/mol. The molecule has 1 heterocycles. The van der Waals surface area contributed by atoms with Gasteiger partial charge in [0.05, 0.1) is 6.61 Å². The Hall–Kier alpha value is -1.13. The standard InChI is InChI=1S/C13H23N3O/c1-4-14-13-7-6-12(10-15-13)11-16(3)8-9-17-5-2/h6-7,10H,4-5,8-9,11H2,1-3H3,(H,14,15). The number of hydrogen-bond donors (Lipinski definition) is 1. The first kappa shape index (κ1) is 13.9. The molecule has 0 fully saturated rings. The van der Waals surface area contributed by atoms with Crippen molar-refractivity contribution < 1.29 is 4.74 Å². The molecule has 1 rings (SSSR count). The molecule has 1 aromatic heterocycles. The fourth-order valence-corrected chi connectivity index (χ4v) is 1.56. The number of aromatic nitrogens is 1. The van der Waals surface area contributed by atoms with Gasteiger partial charge in [-0.15, -0.1) is 0 Å². The zero-order chi connectivity index (χ0) is 12.5. The van der Waals surface area contributed by atoms with E-state index in [1.807, 2.05) is 19.2 Å². The van der Waals surface area contributed by atoms with Crippen LogP contribution in [0.2, 0.25) is 0 Å². The number of ether oxygens (including phenoxy) is 1. The second-order valence-corrected chi connectivity index (χ2v) is 4.02. The highest BCUT2D eigenvalue weighted by Crippen LogP contribution is 2.06. The molecular formula is C13H23N3O. The molecule has 0 aliphatic carbocycles. The first-order valence-corrected chi connectivity index (χ1v) is 6.21. The highest BCUT2D eigenvalue weighted by Gasteiger charge is 2.01. The van der Waals surface area contributed by atoms with Crippen molar-refractivity contribution in [3.8, 4) is 0 Å². The maximum Gasteiger partial charge on any atom is 0.125 e. The minimum Gasteiger partial charge on any atom is -0.380 e. The van der Waals surface area contributed by atoms with Crippen molar-refractivity contribution in [2.45, 2.75) is 20.4 Å². The van der Waals surface area contributed by atoms with E-state index in [1.165, 1.54) is 5.56 Å². The van der Waals surface area contributed by atoms with Crippen LogP contribution in [0.1, 0.15) is 19.4 Å². The molecule has 1 aromatic rings. The van der Waals surface area contributed by atoms with Gasteiger partial charge in [0.2, 0.25) is 0 Å². The fraction of sp³-hybridized carbons (Fsp3) is 0.615. The first-order chi connectivity index (χ1) is 8.26. The van der Waals surface area contributed by atoms with E-state index in [0.717, 1.165) is 38.7 Å². The van der Waals surface area contributed by atoms with E-state index in [0.29, 0.717) is 0 Å². The van der Waals surface area contributed by atoms with Crippen molar-refractivity contribution in [3.05, 3.63) is 23.9 Å². The van der Waals surface area contributed by atoms with Crippen LogP contribution in [-0.2, 0) is 11.3 Å². The van der Waals surface area contributed by atoms with Gasteiger partial charge in [-0.05, 0) is 32.5 Å². The van der Waals surface area contributed by atoms with Crippen LogP contribution in [0.5, 0.6) is 0 Å². The molecule has 0 unspecified atom stereocenters. The molecule has 0 aliphatic rings. The Morgan fingerprint density at radius 2 is 2.18 bits per heavy atom. The zero-order valence-electron chi connectivity index (χ0n) is 11.1. The number of anilines is 1. The first-order valence-electron chi connectivity index (χ1n) is 6.21. The summed E-state index contributed by atoms with van der Waals surface area (Å²) in [6, 6.07) is 4.14. The predicted octanol–water partition coefficient (Wildman–Crippen LogP) is 1.98. The monoisotopic (exact) mass is 237 g/mol. The van der Waals surface area contributed by atoms with Crippen LogP contribution in [0.25, 0.3) is 0 Å². The summed E-state index contributed by atoms with van der Waals surface area (Å²) in [6.45, 7) is 8.42. The van der Waals surface area contributed by atoms with Crippen LogP contribution in [0.4, 0.5) is 5.82 Å².